The Morgan fingerprint density at radius 2 is 2.22 bits per heavy atom. The zero-order chi connectivity index (χ0) is 17.0. The van der Waals surface area contributed by atoms with Gasteiger partial charge >= 0.3 is 0 Å². The van der Waals surface area contributed by atoms with Gasteiger partial charge in [-0.1, -0.05) is 0 Å². The van der Waals surface area contributed by atoms with E-state index >= 15 is 0 Å². The summed E-state index contributed by atoms with van der Waals surface area (Å²) in [6.07, 6.45) is 3.57. The number of aromatic nitrogens is 2. The van der Waals surface area contributed by atoms with Gasteiger partial charge in [0.15, 0.2) is 0 Å². The third-order valence-electron chi connectivity index (χ3n) is 4.56. The standard InChI is InChI=1S/C16H26N4O3/c1-5-20-12(2)14(10-17-20)18-15(22)9-16(11-23-4)7-6-8-19(16)13(3)21/h10H,5-9,11H2,1-4H3,(H,18,22)/t16-/m1/s1. The second kappa shape index (κ2) is 7.12. The van der Waals surface area contributed by atoms with Crippen LogP contribution in [0, 0.1) is 6.92 Å². The highest BCUT2D eigenvalue weighted by atomic mass is 16.5. The van der Waals surface area contributed by atoms with Gasteiger partial charge in [0.1, 0.15) is 0 Å². The molecule has 0 saturated carbocycles. The maximum absolute atomic E-state index is 12.5. The molecule has 7 heteroatoms. The number of rotatable bonds is 6. The molecule has 1 aromatic heterocycles. The van der Waals surface area contributed by atoms with E-state index in [2.05, 4.69) is 10.4 Å². The Bertz CT molecular complexity index is 584. The minimum Gasteiger partial charge on any atom is -0.382 e. The van der Waals surface area contributed by atoms with Crippen molar-refractivity contribution in [3.8, 4) is 0 Å². The number of anilines is 1. The lowest BCUT2D eigenvalue weighted by molar-refractivity contribution is -0.136. The molecule has 2 rings (SSSR count). The highest BCUT2D eigenvalue weighted by Gasteiger charge is 2.44. The molecule has 128 valence electrons. The SMILES string of the molecule is CCn1ncc(NC(=O)C[C@@]2(COC)CCCN2C(C)=O)c1C. The predicted molar refractivity (Wildman–Crippen MR) is 87.1 cm³/mol. The van der Waals surface area contributed by atoms with Crippen molar-refractivity contribution in [3.05, 3.63) is 11.9 Å². The summed E-state index contributed by atoms with van der Waals surface area (Å²) < 4.78 is 7.15. The fraction of sp³-hybridized carbons (Fsp3) is 0.688. The van der Waals surface area contributed by atoms with E-state index in [0.717, 1.165) is 30.8 Å². The van der Waals surface area contributed by atoms with Gasteiger partial charge in [-0.15, -0.1) is 0 Å². The summed E-state index contributed by atoms with van der Waals surface area (Å²) in [6, 6.07) is 0. The lowest BCUT2D eigenvalue weighted by atomic mass is 9.92. The minimum atomic E-state index is -0.542. The zero-order valence-corrected chi connectivity index (χ0v) is 14.4. The van der Waals surface area contributed by atoms with Crippen LogP contribution in [0.5, 0.6) is 0 Å². The smallest absolute Gasteiger partial charge is 0.226 e. The molecule has 2 heterocycles. The molecular formula is C16H26N4O3. The van der Waals surface area contributed by atoms with E-state index in [9.17, 15) is 9.59 Å². The molecule has 1 saturated heterocycles. The Balaban J connectivity index is 2.12. The fourth-order valence-electron chi connectivity index (χ4n) is 3.46. The molecule has 1 aromatic rings. The zero-order valence-electron chi connectivity index (χ0n) is 14.4. The summed E-state index contributed by atoms with van der Waals surface area (Å²) >= 11 is 0. The van der Waals surface area contributed by atoms with Gasteiger partial charge < -0.3 is 15.0 Å². The number of hydrogen-bond acceptors (Lipinski definition) is 4. The molecule has 1 fully saturated rings. The van der Waals surface area contributed by atoms with Crippen LogP contribution in [0.15, 0.2) is 6.20 Å². The van der Waals surface area contributed by atoms with Crippen LogP contribution in [-0.4, -0.2) is 52.3 Å². The van der Waals surface area contributed by atoms with Gasteiger partial charge in [0.05, 0.1) is 36.1 Å². The summed E-state index contributed by atoms with van der Waals surface area (Å²) in [6.45, 7) is 7.28. The Labute approximate surface area is 137 Å². The maximum atomic E-state index is 12.5. The molecule has 0 aromatic carbocycles. The third kappa shape index (κ3) is 3.55. The Kier molecular flexibility index (Phi) is 5.41. The van der Waals surface area contributed by atoms with E-state index in [1.807, 2.05) is 18.5 Å². The lowest BCUT2D eigenvalue weighted by Crippen LogP contribution is -2.51. The molecule has 1 aliphatic rings. The van der Waals surface area contributed by atoms with Gasteiger partial charge in [-0.05, 0) is 26.7 Å². The second-order valence-electron chi connectivity index (χ2n) is 6.12. The van der Waals surface area contributed by atoms with Crippen molar-refractivity contribution in [3.63, 3.8) is 0 Å². The number of amides is 2. The molecule has 1 atom stereocenters. The Hall–Kier alpha value is -1.89. The number of carbonyl (C=O) groups is 2. The first-order valence-electron chi connectivity index (χ1n) is 8.03. The van der Waals surface area contributed by atoms with Crippen molar-refractivity contribution in [2.45, 2.75) is 52.1 Å². The number of carbonyl (C=O) groups excluding carboxylic acids is 2. The van der Waals surface area contributed by atoms with Crippen LogP contribution in [0.1, 0.15) is 38.8 Å². The number of ether oxygens (including phenoxy) is 1. The van der Waals surface area contributed by atoms with Gasteiger partial charge in [-0.2, -0.15) is 5.10 Å². The minimum absolute atomic E-state index is 0.0117. The van der Waals surface area contributed by atoms with Crippen LogP contribution < -0.4 is 5.32 Å². The summed E-state index contributed by atoms with van der Waals surface area (Å²) in [7, 11) is 1.60. The van der Waals surface area contributed by atoms with Crippen molar-refractivity contribution < 1.29 is 14.3 Å². The van der Waals surface area contributed by atoms with Gasteiger partial charge in [0.2, 0.25) is 11.8 Å². The predicted octanol–water partition coefficient (Wildman–Crippen LogP) is 1.57. The molecule has 1 N–H and O–H groups in total. The number of aryl methyl sites for hydroxylation is 1. The molecule has 23 heavy (non-hydrogen) atoms. The lowest BCUT2D eigenvalue weighted by Gasteiger charge is -2.37. The quantitative estimate of drug-likeness (QED) is 0.862. The molecule has 7 nitrogen and oxygen atoms in total. The summed E-state index contributed by atoms with van der Waals surface area (Å²) in [4.78, 5) is 26.2. The molecule has 0 unspecified atom stereocenters. The monoisotopic (exact) mass is 322 g/mol. The van der Waals surface area contributed by atoms with Crippen LogP contribution >= 0.6 is 0 Å². The average Bonchev–Trinajstić information content (AvgIpc) is 3.04. The number of likely N-dealkylation sites (tertiary alicyclic amines) is 1. The molecule has 0 spiro atoms. The number of nitrogens with zero attached hydrogens (tertiary/aromatic N) is 3. The second-order valence-corrected chi connectivity index (χ2v) is 6.12. The molecule has 2 amide bonds. The first-order chi connectivity index (χ1) is 10.9. The number of nitrogens with one attached hydrogen (secondary N) is 1. The fourth-order valence-corrected chi connectivity index (χ4v) is 3.46. The van der Waals surface area contributed by atoms with E-state index in [0.29, 0.717) is 13.2 Å². The van der Waals surface area contributed by atoms with Gasteiger partial charge in [-0.25, -0.2) is 0 Å². The molecular weight excluding hydrogens is 296 g/mol. The highest BCUT2D eigenvalue weighted by molar-refractivity contribution is 5.92. The maximum Gasteiger partial charge on any atom is 0.226 e. The Morgan fingerprint density at radius 3 is 2.78 bits per heavy atom. The van der Waals surface area contributed by atoms with Crippen LogP contribution in [0.25, 0.3) is 0 Å². The van der Waals surface area contributed by atoms with Crippen molar-refractivity contribution in [1.82, 2.24) is 14.7 Å². The molecule has 0 aliphatic carbocycles. The molecule has 0 bridgehead atoms. The van der Waals surface area contributed by atoms with Crippen molar-refractivity contribution >= 4 is 17.5 Å². The van der Waals surface area contributed by atoms with Crippen molar-refractivity contribution in [1.29, 1.82) is 0 Å². The summed E-state index contributed by atoms with van der Waals surface area (Å²) in [5.41, 5.74) is 1.10. The first kappa shape index (κ1) is 17.5. The number of methoxy groups -OCH3 is 1. The van der Waals surface area contributed by atoms with E-state index in [1.54, 1.807) is 25.1 Å². The van der Waals surface area contributed by atoms with Crippen molar-refractivity contribution in [2.75, 3.05) is 25.6 Å². The largest absolute Gasteiger partial charge is 0.382 e. The van der Waals surface area contributed by atoms with E-state index in [4.69, 9.17) is 4.74 Å². The molecule has 0 radical (unpaired) electrons. The third-order valence-corrected chi connectivity index (χ3v) is 4.56. The normalized spacial score (nSPS) is 20.8. The van der Waals surface area contributed by atoms with E-state index in [-0.39, 0.29) is 18.2 Å². The van der Waals surface area contributed by atoms with E-state index < -0.39 is 5.54 Å². The van der Waals surface area contributed by atoms with Gasteiger partial charge in [-0.3, -0.25) is 14.3 Å². The topological polar surface area (TPSA) is 76.5 Å². The molecule has 1 aliphatic heterocycles. The van der Waals surface area contributed by atoms with Gasteiger partial charge in [0.25, 0.3) is 0 Å². The van der Waals surface area contributed by atoms with E-state index in [1.165, 1.54) is 0 Å². The van der Waals surface area contributed by atoms with Crippen LogP contribution in [-0.2, 0) is 20.9 Å². The van der Waals surface area contributed by atoms with Crippen molar-refractivity contribution in [2.24, 2.45) is 0 Å². The highest BCUT2D eigenvalue weighted by Crippen LogP contribution is 2.33. The van der Waals surface area contributed by atoms with Crippen LogP contribution in [0.2, 0.25) is 0 Å². The van der Waals surface area contributed by atoms with Crippen LogP contribution in [0.4, 0.5) is 5.69 Å². The average molecular weight is 322 g/mol. The van der Waals surface area contributed by atoms with Gasteiger partial charge in [0, 0.05) is 27.1 Å². The summed E-state index contributed by atoms with van der Waals surface area (Å²) in [5, 5.41) is 7.15. The number of hydrogen-bond donors (Lipinski definition) is 1. The van der Waals surface area contributed by atoms with Crippen LogP contribution in [0.3, 0.4) is 0 Å². The first-order valence-corrected chi connectivity index (χ1v) is 8.03. The summed E-state index contributed by atoms with van der Waals surface area (Å²) in [5.74, 6) is -0.128. The Morgan fingerprint density at radius 1 is 1.48 bits per heavy atom.